The minimum atomic E-state index is -0.232. The fourth-order valence-corrected chi connectivity index (χ4v) is 2.34. The van der Waals surface area contributed by atoms with Gasteiger partial charge in [0.05, 0.1) is 25.1 Å². The van der Waals surface area contributed by atoms with Gasteiger partial charge < -0.3 is 10.1 Å². The third-order valence-corrected chi connectivity index (χ3v) is 3.86. The number of nitrogens with one attached hydrogen (secondary N) is 2. The van der Waals surface area contributed by atoms with Crippen LogP contribution in [-0.4, -0.2) is 40.0 Å². The van der Waals surface area contributed by atoms with Gasteiger partial charge in [-0.1, -0.05) is 12.1 Å². The number of carbonyl (C=O) groups excluding carboxylic acids is 1. The van der Waals surface area contributed by atoms with Gasteiger partial charge in [0.2, 0.25) is 0 Å². The molecule has 3 rings (SSSR count). The molecule has 138 valence electrons. The molecule has 0 aliphatic heterocycles. The highest BCUT2D eigenvalue weighted by molar-refractivity contribution is 5.99. The fraction of sp³-hybridized carbons (Fsp3) is 0.158. The smallest absolute Gasteiger partial charge is 0.259 e. The predicted molar refractivity (Wildman–Crippen MR) is 103 cm³/mol. The molecule has 0 fully saturated rings. The molecule has 8 nitrogen and oxygen atoms in total. The molecule has 0 aliphatic carbocycles. The van der Waals surface area contributed by atoms with Crippen LogP contribution in [0, 0.1) is 0 Å². The fourth-order valence-electron chi connectivity index (χ4n) is 2.34. The number of nitrogens with zero attached hydrogens (tertiary/aromatic N) is 4. The number of hydrogen-bond acceptors (Lipinski definition) is 6. The molecule has 3 aromatic rings. The zero-order chi connectivity index (χ0) is 19.1. The molecule has 2 aromatic carbocycles. The van der Waals surface area contributed by atoms with Crippen LogP contribution in [0.25, 0.3) is 5.69 Å². The lowest BCUT2D eigenvalue weighted by atomic mass is 10.1. The summed E-state index contributed by atoms with van der Waals surface area (Å²) < 4.78 is 6.77. The van der Waals surface area contributed by atoms with Crippen LogP contribution in [0.2, 0.25) is 0 Å². The van der Waals surface area contributed by atoms with Gasteiger partial charge in [-0.05, 0) is 48.9 Å². The number of hydrazone groups is 1. The normalized spacial score (nSPS) is 11.1. The molecular weight excluding hydrogens is 344 g/mol. The first-order valence-corrected chi connectivity index (χ1v) is 8.32. The highest BCUT2D eigenvalue weighted by Crippen LogP contribution is 2.14. The van der Waals surface area contributed by atoms with E-state index in [0.717, 1.165) is 22.7 Å². The van der Waals surface area contributed by atoms with Crippen molar-refractivity contribution in [3.8, 4) is 11.4 Å². The second-order valence-corrected chi connectivity index (χ2v) is 5.70. The van der Waals surface area contributed by atoms with Crippen molar-refractivity contribution >= 4 is 17.3 Å². The van der Waals surface area contributed by atoms with E-state index < -0.39 is 0 Å². The maximum atomic E-state index is 12.0. The molecule has 1 aromatic heterocycles. The summed E-state index contributed by atoms with van der Waals surface area (Å²) in [6.07, 6.45) is 3.11. The van der Waals surface area contributed by atoms with Gasteiger partial charge in [0.25, 0.3) is 5.91 Å². The molecule has 0 saturated heterocycles. The SMILES string of the molecule is COc1ccc(NCC(=O)N/N=C(\C)c2ccc(-n3cncn3)cc2)cc1. The van der Waals surface area contributed by atoms with E-state index in [0.29, 0.717) is 5.71 Å². The van der Waals surface area contributed by atoms with Crippen molar-refractivity contribution < 1.29 is 9.53 Å². The summed E-state index contributed by atoms with van der Waals surface area (Å²) >= 11 is 0. The van der Waals surface area contributed by atoms with Crippen LogP contribution in [-0.2, 0) is 4.79 Å². The number of rotatable bonds is 7. The van der Waals surface area contributed by atoms with Gasteiger partial charge in [0, 0.05) is 5.69 Å². The van der Waals surface area contributed by atoms with E-state index in [1.807, 2.05) is 55.5 Å². The highest BCUT2D eigenvalue weighted by Gasteiger charge is 2.03. The van der Waals surface area contributed by atoms with Gasteiger partial charge >= 0.3 is 0 Å². The van der Waals surface area contributed by atoms with Crippen LogP contribution < -0.4 is 15.5 Å². The van der Waals surface area contributed by atoms with Crippen molar-refractivity contribution in [3.63, 3.8) is 0 Å². The lowest BCUT2D eigenvalue weighted by molar-refractivity contribution is -0.119. The number of aromatic nitrogens is 3. The summed E-state index contributed by atoms with van der Waals surface area (Å²) in [5.41, 5.74) is 5.89. The van der Waals surface area contributed by atoms with Gasteiger partial charge in [-0.3, -0.25) is 4.79 Å². The zero-order valence-corrected chi connectivity index (χ0v) is 15.1. The Balaban J connectivity index is 1.52. The molecule has 8 heteroatoms. The molecule has 0 aliphatic rings. The molecule has 0 radical (unpaired) electrons. The summed E-state index contributed by atoms with van der Waals surface area (Å²) in [6.45, 7) is 1.95. The molecule has 0 spiro atoms. The number of carbonyl (C=O) groups is 1. The molecular formula is C19H20N6O2. The Bertz CT molecular complexity index is 902. The average Bonchev–Trinajstić information content (AvgIpc) is 3.26. The first-order chi connectivity index (χ1) is 13.2. The van der Waals surface area contributed by atoms with Crippen molar-refractivity contribution in [1.29, 1.82) is 0 Å². The lowest BCUT2D eigenvalue weighted by Gasteiger charge is -2.07. The number of hydrogen-bond donors (Lipinski definition) is 2. The highest BCUT2D eigenvalue weighted by atomic mass is 16.5. The van der Waals surface area contributed by atoms with E-state index in [1.165, 1.54) is 6.33 Å². The van der Waals surface area contributed by atoms with Gasteiger partial charge in [0.1, 0.15) is 18.4 Å². The first-order valence-electron chi connectivity index (χ1n) is 8.32. The van der Waals surface area contributed by atoms with Gasteiger partial charge in [0.15, 0.2) is 0 Å². The summed E-state index contributed by atoms with van der Waals surface area (Å²) in [4.78, 5) is 15.9. The minimum Gasteiger partial charge on any atom is -0.497 e. The zero-order valence-electron chi connectivity index (χ0n) is 15.1. The maximum absolute atomic E-state index is 12.0. The largest absolute Gasteiger partial charge is 0.497 e. The Hall–Kier alpha value is -3.68. The van der Waals surface area contributed by atoms with Crippen molar-refractivity contribution in [3.05, 3.63) is 66.7 Å². The summed E-state index contributed by atoms with van der Waals surface area (Å²) in [5, 5.41) is 11.3. The maximum Gasteiger partial charge on any atom is 0.259 e. The van der Waals surface area contributed by atoms with Crippen molar-refractivity contribution in [2.24, 2.45) is 5.10 Å². The Morgan fingerprint density at radius 2 is 1.89 bits per heavy atom. The third kappa shape index (κ3) is 4.91. The van der Waals surface area contributed by atoms with Gasteiger partial charge in [-0.25, -0.2) is 15.1 Å². The lowest BCUT2D eigenvalue weighted by Crippen LogP contribution is -2.26. The monoisotopic (exact) mass is 364 g/mol. The molecule has 0 atom stereocenters. The molecule has 1 heterocycles. The van der Waals surface area contributed by atoms with Gasteiger partial charge in [-0.2, -0.15) is 10.2 Å². The van der Waals surface area contributed by atoms with Gasteiger partial charge in [-0.15, -0.1) is 0 Å². The predicted octanol–water partition coefficient (Wildman–Crippen LogP) is 2.23. The van der Waals surface area contributed by atoms with Crippen LogP contribution in [0.15, 0.2) is 66.3 Å². The number of benzene rings is 2. The molecule has 0 saturated carbocycles. The van der Waals surface area contributed by atoms with E-state index in [9.17, 15) is 4.79 Å². The van der Waals surface area contributed by atoms with Crippen LogP contribution in [0.3, 0.4) is 0 Å². The standard InChI is InChI=1S/C19H20N6O2/c1-14(15-3-7-17(8-4-15)25-13-20-12-22-25)23-24-19(26)11-21-16-5-9-18(27-2)10-6-16/h3-10,12-13,21H,11H2,1-2H3,(H,24,26)/b23-14+. The van der Waals surface area contributed by atoms with E-state index in [2.05, 4.69) is 25.9 Å². The molecule has 27 heavy (non-hydrogen) atoms. The number of amides is 1. The number of ether oxygens (including phenoxy) is 1. The van der Waals surface area contributed by atoms with Crippen LogP contribution in [0.5, 0.6) is 5.75 Å². The Morgan fingerprint density at radius 1 is 1.15 bits per heavy atom. The molecule has 2 N–H and O–H groups in total. The number of anilines is 1. The Morgan fingerprint density at radius 3 is 2.52 bits per heavy atom. The second-order valence-electron chi connectivity index (χ2n) is 5.70. The minimum absolute atomic E-state index is 0.119. The first kappa shape index (κ1) is 18.1. The van der Waals surface area contributed by atoms with E-state index >= 15 is 0 Å². The third-order valence-electron chi connectivity index (χ3n) is 3.86. The van der Waals surface area contributed by atoms with Crippen LogP contribution in [0.1, 0.15) is 12.5 Å². The summed E-state index contributed by atoms with van der Waals surface area (Å²) in [5.74, 6) is 0.532. The molecule has 0 unspecified atom stereocenters. The molecule has 0 bridgehead atoms. The quantitative estimate of drug-likeness (QED) is 0.495. The summed E-state index contributed by atoms with van der Waals surface area (Å²) in [6, 6.07) is 15.0. The van der Waals surface area contributed by atoms with Crippen molar-refractivity contribution in [1.82, 2.24) is 20.2 Å². The second kappa shape index (κ2) is 8.61. The topological polar surface area (TPSA) is 93.4 Å². The van der Waals surface area contributed by atoms with E-state index in [-0.39, 0.29) is 12.5 Å². The van der Waals surface area contributed by atoms with Crippen molar-refractivity contribution in [2.75, 3.05) is 19.0 Å². The molecule has 1 amide bonds. The van der Waals surface area contributed by atoms with E-state index in [1.54, 1.807) is 18.1 Å². The van der Waals surface area contributed by atoms with Crippen LogP contribution in [0.4, 0.5) is 5.69 Å². The summed E-state index contributed by atoms with van der Waals surface area (Å²) in [7, 11) is 1.61. The Kier molecular flexibility index (Phi) is 5.78. The average molecular weight is 364 g/mol. The number of methoxy groups -OCH3 is 1. The van der Waals surface area contributed by atoms with E-state index in [4.69, 9.17) is 4.74 Å². The van der Waals surface area contributed by atoms with Crippen LogP contribution >= 0.6 is 0 Å². The van der Waals surface area contributed by atoms with Crippen molar-refractivity contribution in [2.45, 2.75) is 6.92 Å². The Labute approximate surface area is 156 Å².